The molecule has 0 amide bonds. The fourth-order valence-corrected chi connectivity index (χ4v) is 2.91. The minimum Gasteiger partial charge on any atom is -0.258 e. The van der Waals surface area contributed by atoms with Crippen LogP contribution in [0.2, 0.25) is 0 Å². The van der Waals surface area contributed by atoms with Crippen LogP contribution in [-0.4, -0.2) is 28.2 Å². The number of nitro groups is 1. The molecule has 7 nitrogen and oxygen atoms in total. The summed E-state index contributed by atoms with van der Waals surface area (Å²) in [6.45, 7) is 2.02. The monoisotopic (exact) mass is 341 g/mol. The molecule has 8 heteroatoms. The second-order valence-electron chi connectivity index (χ2n) is 5.08. The van der Waals surface area contributed by atoms with Crippen LogP contribution in [0, 0.1) is 10.1 Å². The van der Waals surface area contributed by atoms with Gasteiger partial charge in [0.05, 0.1) is 27.9 Å². The van der Waals surface area contributed by atoms with Crippen molar-refractivity contribution in [3.63, 3.8) is 0 Å². The average molecular weight is 341 g/mol. The highest BCUT2D eigenvalue weighted by atomic mass is 32.1. The molecule has 0 bridgehead atoms. The van der Waals surface area contributed by atoms with Gasteiger partial charge in [-0.3, -0.25) is 10.1 Å². The van der Waals surface area contributed by atoms with Crippen LogP contribution in [0.5, 0.6) is 0 Å². The molecule has 2 aromatic heterocycles. The molecular weight excluding hydrogens is 326 g/mol. The normalized spacial score (nSPS) is 11.2. The highest BCUT2D eigenvalue weighted by Gasteiger charge is 2.12. The number of aryl methyl sites for hydroxylation is 1. The summed E-state index contributed by atoms with van der Waals surface area (Å²) in [5, 5.41) is 18.5. The molecule has 24 heavy (non-hydrogen) atoms. The number of thiophene rings is 1. The first-order valence-corrected chi connectivity index (χ1v) is 8.22. The van der Waals surface area contributed by atoms with E-state index in [4.69, 9.17) is 0 Å². The lowest BCUT2D eigenvalue weighted by molar-refractivity contribution is -0.380. The number of hydrogen-bond acceptors (Lipinski definition) is 7. The van der Waals surface area contributed by atoms with Gasteiger partial charge in [-0.2, -0.15) is 5.10 Å². The van der Waals surface area contributed by atoms with Gasteiger partial charge in [0.1, 0.15) is 0 Å². The maximum absolute atomic E-state index is 10.7. The van der Waals surface area contributed by atoms with Crippen LogP contribution in [0.15, 0.2) is 40.8 Å². The fourth-order valence-electron chi connectivity index (χ4n) is 2.23. The molecule has 0 radical (unpaired) electrons. The van der Waals surface area contributed by atoms with E-state index < -0.39 is 4.92 Å². The van der Waals surface area contributed by atoms with Crippen molar-refractivity contribution in [3.8, 4) is 0 Å². The van der Waals surface area contributed by atoms with E-state index in [2.05, 4.69) is 15.1 Å². The zero-order chi connectivity index (χ0) is 17.1. The Morgan fingerprint density at radius 1 is 1.33 bits per heavy atom. The third kappa shape index (κ3) is 3.23. The van der Waals surface area contributed by atoms with Gasteiger partial charge in [-0.25, -0.2) is 15.0 Å². The van der Waals surface area contributed by atoms with Crippen molar-refractivity contribution < 1.29 is 4.92 Å². The quantitative estimate of drug-likeness (QED) is 0.402. The standard InChI is InChI=1S/C16H15N5O2S/c1-3-12-16(19-14-7-5-4-6-13(14)18-12)20(2)17-9-11-8-15(21(22)23)24-10-11/h4-10H,3H2,1-2H3. The zero-order valence-corrected chi connectivity index (χ0v) is 14.0. The molecule has 122 valence electrons. The Morgan fingerprint density at radius 3 is 2.67 bits per heavy atom. The van der Waals surface area contributed by atoms with E-state index in [1.807, 2.05) is 31.2 Å². The smallest absolute Gasteiger partial charge is 0.258 e. The number of benzene rings is 1. The van der Waals surface area contributed by atoms with Crippen molar-refractivity contribution in [1.82, 2.24) is 9.97 Å². The number of para-hydroxylation sites is 2. The Morgan fingerprint density at radius 2 is 2.04 bits per heavy atom. The lowest BCUT2D eigenvalue weighted by Crippen LogP contribution is -2.14. The average Bonchev–Trinajstić information content (AvgIpc) is 3.07. The van der Waals surface area contributed by atoms with Crippen molar-refractivity contribution in [1.29, 1.82) is 0 Å². The Balaban J connectivity index is 1.90. The van der Waals surface area contributed by atoms with E-state index in [1.54, 1.807) is 23.7 Å². The maximum atomic E-state index is 10.7. The van der Waals surface area contributed by atoms with Gasteiger partial charge in [-0.1, -0.05) is 30.4 Å². The van der Waals surface area contributed by atoms with Crippen molar-refractivity contribution >= 4 is 39.4 Å². The predicted molar refractivity (Wildman–Crippen MR) is 95.9 cm³/mol. The molecule has 0 unspecified atom stereocenters. The van der Waals surface area contributed by atoms with Crippen molar-refractivity contribution in [2.24, 2.45) is 5.10 Å². The van der Waals surface area contributed by atoms with Crippen LogP contribution in [0.3, 0.4) is 0 Å². The Labute approximate surface area is 142 Å². The summed E-state index contributed by atoms with van der Waals surface area (Å²) in [6.07, 6.45) is 2.32. The molecular formula is C16H15N5O2S. The zero-order valence-electron chi connectivity index (χ0n) is 13.2. The highest BCUT2D eigenvalue weighted by molar-refractivity contribution is 7.13. The summed E-state index contributed by atoms with van der Waals surface area (Å²) in [5.74, 6) is 0.678. The minimum absolute atomic E-state index is 0.0962. The van der Waals surface area contributed by atoms with Crippen LogP contribution in [0.4, 0.5) is 10.8 Å². The Hall–Kier alpha value is -2.87. The number of nitrogens with zero attached hydrogens (tertiary/aromatic N) is 5. The lowest BCUT2D eigenvalue weighted by atomic mass is 10.2. The molecule has 3 aromatic rings. The second-order valence-corrected chi connectivity index (χ2v) is 5.97. The summed E-state index contributed by atoms with van der Waals surface area (Å²) in [4.78, 5) is 19.6. The third-order valence-corrected chi connectivity index (χ3v) is 4.33. The third-order valence-electron chi connectivity index (χ3n) is 3.43. The number of hydrazone groups is 1. The van der Waals surface area contributed by atoms with Crippen LogP contribution in [-0.2, 0) is 6.42 Å². The van der Waals surface area contributed by atoms with Crippen LogP contribution in [0.1, 0.15) is 18.2 Å². The Bertz CT molecular complexity index is 922. The number of hydrogen-bond donors (Lipinski definition) is 0. The fraction of sp³-hybridized carbons (Fsp3) is 0.188. The second kappa shape index (κ2) is 6.71. The van der Waals surface area contributed by atoms with Crippen LogP contribution in [0.25, 0.3) is 11.0 Å². The highest BCUT2D eigenvalue weighted by Crippen LogP contribution is 2.23. The number of fused-ring (bicyclic) bond motifs is 1. The molecule has 2 heterocycles. The molecule has 1 aromatic carbocycles. The summed E-state index contributed by atoms with van der Waals surface area (Å²) in [5.41, 5.74) is 3.19. The molecule has 0 saturated heterocycles. The summed E-state index contributed by atoms with van der Waals surface area (Å²) < 4.78 is 0. The molecule has 0 fully saturated rings. The van der Waals surface area contributed by atoms with E-state index >= 15 is 0 Å². The van der Waals surface area contributed by atoms with Crippen LogP contribution >= 0.6 is 11.3 Å². The van der Waals surface area contributed by atoms with Gasteiger partial charge in [-0.05, 0) is 18.6 Å². The Kier molecular flexibility index (Phi) is 4.48. The molecule has 0 N–H and O–H groups in total. The predicted octanol–water partition coefficient (Wildman–Crippen LogP) is 3.63. The van der Waals surface area contributed by atoms with E-state index in [0.717, 1.165) is 34.5 Å². The molecule has 3 rings (SSSR count). The molecule has 0 aliphatic heterocycles. The maximum Gasteiger partial charge on any atom is 0.324 e. The van der Waals surface area contributed by atoms with E-state index in [9.17, 15) is 10.1 Å². The molecule has 0 saturated carbocycles. The van der Waals surface area contributed by atoms with Crippen molar-refractivity contribution in [2.75, 3.05) is 12.1 Å². The summed E-state index contributed by atoms with van der Waals surface area (Å²) >= 11 is 1.08. The van der Waals surface area contributed by atoms with Gasteiger partial charge in [0, 0.05) is 24.1 Å². The van der Waals surface area contributed by atoms with Gasteiger partial charge < -0.3 is 0 Å². The first-order chi connectivity index (χ1) is 11.6. The molecule has 0 spiro atoms. The largest absolute Gasteiger partial charge is 0.324 e. The first-order valence-electron chi connectivity index (χ1n) is 7.34. The van der Waals surface area contributed by atoms with Gasteiger partial charge in [-0.15, -0.1) is 0 Å². The topological polar surface area (TPSA) is 84.5 Å². The summed E-state index contributed by atoms with van der Waals surface area (Å²) in [6, 6.07) is 9.18. The lowest BCUT2D eigenvalue weighted by Gasteiger charge is -2.15. The van der Waals surface area contributed by atoms with Gasteiger partial charge >= 0.3 is 5.00 Å². The van der Waals surface area contributed by atoms with Crippen LogP contribution < -0.4 is 5.01 Å². The SMILES string of the molecule is CCc1nc2ccccc2nc1N(C)N=Cc1csc([N+](=O)[O-])c1. The molecule has 0 atom stereocenters. The summed E-state index contributed by atoms with van der Waals surface area (Å²) in [7, 11) is 1.79. The number of aromatic nitrogens is 2. The van der Waals surface area contributed by atoms with Gasteiger partial charge in [0.25, 0.3) is 0 Å². The number of anilines is 1. The van der Waals surface area contributed by atoms with Gasteiger partial charge in [0.2, 0.25) is 0 Å². The molecule has 0 aliphatic carbocycles. The van der Waals surface area contributed by atoms with E-state index in [1.165, 1.54) is 6.07 Å². The van der Waals surface area contributed by atoms with Crippen molar-refractivity contribution in [2.45, 2.75) is 13.3 Å². The number of rotatable bonds is 5. The van der Waals surface area contributed by atoms with E-state index in [-0.39, 0.29) is 5.00 Å². The van der Waals surface area contributed by atoms with E-state index in [0.29, 0.717) is 11.4 Å². The van der Waals surface area contributed by atoms with Crippen molar-refractivity contribution in [3.05, 3.63) is 57.1 Å². The van der Waals surface area contributed by atoms with Gasteiger partial charge in [0.15, 0.2) is 5.82 Å². The first kappa shape index (κ1) is 16.0. The minimum atomic E-state index is -0.407. The molecule has 0 aliphatic rings.